The summed E-state index contributed by atoms with van der Waals surface area (Å²) in [5.41, 5.74) is 0. The average Bonchev–Trinajstić information content (AvgIpc) is 3.43. The van der Waals surface area contributed by atoms with Crippen LogP contribution < -0.4 is 0 Å². The molecule has 1 atom stereocenters. The van der Waals surface area contributed by atoms with Crippen LogP contribution in [0.4, 0.5) is 0 Å². The lowest BCUT2D eigenvalue weighted by atomic mass is 10.1. The van der Waals surface area contributed by atoms with Crippen LogP contribution in [0.5, 0.6) is 0 Å². The summed E-state index contributed by atoms with van der Waals surface area (Å²) < 4.78 is 16.9. The van der Waals surface area contributed by atoms with Crippen molar-refractivity contribution in [1.29, 1.82) is 0 Å². The summed E-state index contributed by atoms with van der Waals surface area (Å²) in [6.07, 6.45) is 90.3. The first-order valence-electron chi connectivity index (χ1n) is 31.7. The molecule has 436 valence electrons. The number of allylic oxidation sites excluding steroid dienone is 22. The Hall–Kier alpha value is -4.45. The highest BCUT2D eigenvalue weighted by Crippen LogP contribution is 2.15. The number of carbonyl (C=O) groups excluding carboxylic acids is 3. The number of hydrogen-bond acceptors (Lipinski definition) is 6. The molecule has 0 fully saturated rings. The minimum Gasteiger partial charge on any atom is -0.462 e. The molecule has 6 heteroatoms. The maximum Gasteiger partial charge on any atom is 0.306 e. The highest BCUT2D eigenvalue weighted by Gasteiger charge is 2.19. The van der Waals surface area contributed by atoms with Gasteiger partial charge in [0.05, 0.1) is 0 Å². The largest absolute Gasteiger partial charge is 0.462 e. The van der Waals surface area contributed by atoms with Crippen LogP contribution in [-0.2, 0) is 28.6 Å². The Morgan fingerprint density at radius 2 is 0.519 bits per heavy atom. The van der Waals surface area contributed by atoms with Gasteiger partial charge in [0.2, 0.25) is 0 Å². The summed E-state index contributed by atoms with van der Waals surface area (Å²) in [6, 6.07) is 0. The highest BCUT2D eigenvalue weighted by molar-refractivity contribution is 5.71. The van der Waals surface area contributed by atoms with E-state index in [4.69, 9.17) is 14.2 Å². The van der Waals surface area contributed by atoms with Gasteiger partial charge in [-0.3, -0.25) is 14.4 Å². The van der Waals surface area contributed by atoms with Crippen LogP contribution in [0.15, 0.2) is 134 Å². The fourth-order valence-corrected chi connectivity index (χ4v) is 8.44. The lowest BCUT2D eigenvalue weighted by molar-refractivity contribution is -0.167. The van der Waals surface area contributed by atoms with Crippen molar-refractivity contribution in [2.45, 2.75) is 284 Å². The van der Waals surface area contributed by atoms with E-state index in [0.717, 1.165) is 116 Å². The second-order valence-electron chi connectivity index (χ2n) is 20.5. The summed E-state index contributed by atoms with van der Waals surface area (Å²) in [5, 5.41) is 0. The Kier molecular flexibility index (Phi) is 60.4. The highest BCUT2D eigenvalue weighted by atomic mass is 16.6. The molecule has 0 aromatic rings. The van der Waals surface area contributed by atoms with Crippen molar-refractivity contribution in [3.8, 4) is 0 Å². The third-order valence-electron chi connectivity index (χ3n) is 13.1. The Bertz CT molecular complexity index is 1650. The molecular formula is C71H116O6. The molecule has 0 amide bonds. The van der Waals surface area contributed by atoms with Crippen molar-refractivity contribution >= 4 is 17.9 Å². The van der Waals surface area contributed by atoms with Crippen LogP contribution >= 0.6 is 0 Å². The molecule has 0 saturated carbocycles. The lowest BCUT2D eigenvalue weighted by Crippen LogP contribution is -2.30. The molecule has 1 unspecified atom stereocenters. The lowest BCUT2D eigenvalue weighted by Gasteiger charge is -2.18. The van der Waals surface area contributed by atoms with E-state index in [2.05, 4.69) is 154 Å². The molecule has 77 heavy (non-hydrogen) atoms. The summed E-state index contributed by atoms with van der Waals surface area (Å²) in [5.74, 6) is -0.981. The van der Waals surface area contributed by atoms with E-state index in [-0.39, 0.29) is 37.5 Å². The molecule has 0 saturated heterocycles. The van der Waals surface area contributed by atoms with E-state index < -0.39 is 6.10 Å². The van der Waals surface area contributed by atoms with E-state index >= 15 is 0 Å². The van der Waals surface area contributed by atoms with Crippen LogP contribution in [0.2, 0.25) is 0 Å². The van der Waals surface area contributed by atoms with Crippen LogP contribution in [0.1, 0.15) is 278 Å². The Balaban J connectivity index is 4.44. The van der Waals surface area contributed by atoms with E-state index in [1.807, 2.05) is 0 Å². The van der Waals surface area contributed by atoms with E-state index in [9.17, 15) is 14.4 Å². The van der Waals surface area contributed by atoms with Gasteiger partial charge in [-0.05, 0) is 128 Å². The molecule has 0 aromatic carbocycles. The van der Waals surface area contributed by atoms with Crippen molar-refractivity contribution in [3.63, 3.8) is 0 Å². The fourth-order valence-electron chi connectivity index (χ4n) is 8.44. The van der Waals surface area contributed by atoms with Crippen LogP contribution in [0.25, 0.3) is 0 Å². The van der Waals surface area contributed by atoms with Gasteiger partial charge in [-0.15, -0.1) is 0 Å². The van der Waals surface area contributed by atoms with Crippen molar-refractivity contribution in [1.82, 2.24) is 0 Å². The Labute approximate surface area is 475 Å². The fraction of sp³-hybridized carbons (Fsp3) is 0.648. The van der Waals surface area contributed by atoms with Gasteiger partial charge in [0.25, 0.3) is 0 Å². The molecule has 0 bridgehead atoms. The minimum absolute atomic E-state index is 0.110. The summed E-state index contributed by atoms with van der Waals surface area (Å²) >= 11 is 0. The first-order chi connectivity index (χ1) is 38.0. The SMILES string of the molecule is CC/C=C\C/C=C\C/C=C\C/C=C\C/C=C\CCCC(=O)OC(COC(=O)CCCCCCCCC/C=C\C/C=C\C/C=C\CC)COC(=O)CCCCCCCCCCCC/C=C\C/C=C\C/C=C\CCCCCCC. The summed E-state index contributed by atoms with van der Waals surface area (Å²) in [6.45, 7) is 6.35. The smallest absolute Gasteiger partial charge is 0.306 e. The Morgan fingerprint density at radius 1 is 0.273 bits per heavy atom. The third-order valence-corrected chi connectivity index (χ3v) is 13.1. The van der Waals surface area contributed by atoms with Gasteiger partial charge in [0, 0.05) is 19.3 Å². The number of unbranched alkanes of at least 4 members (excludes halogenated alkanes) is 23. The molecule has 0 spiro atoms. The molecule has 0 aliphatic heterocycles. The van der Waals surface area contributed by atoms with Gasteiger partial charge in [-0.1, -0.05) is 264 Å². The zero-order chi connectivity index (χ0) is 55.7. The summed E-state index contributed by atoms with van der Waals surface area (Å²) in [4.78, 5) is 38.3. The second-order valence-corrected chi connectivity index (χ2v) is 20.5. The first kappa shape index (κ1) is 72.5. The van der Waals surface area contributed by atoms with Gasteiger partial charge in [-0.2, -0.15) is 0 Å². The standard InChI is InChI=1S/C71H116O6/c1-4-7-10-13-16-19-22-25-28-31-32-33-34-35-36-37-38-41-43-46-49-52-55-58-61-64-70(73)76-67-68(77-71(74)65-62-59-56-53-50-47-44-40-30-27-24-21-18-15-12-9-6-3)66-75-69(72)63-60-57-54-51-48-45-42-39-29-26-23-20-17-14-11-8-5-2/h8-9,11-12,17-18,20-22,25-27,29-32,34-35,44,47,53,56,68H,4-7,10,13-16,19,23-24,28,33,36-43,45-46,48-52,54-55,57-67H2,1-3H3/b11-8-,12-9-,20-17-,21-18-,25-22-,29-26-,30-27-,32-31-,35-34-,47-44-,56-53-. The summed E-state index contributed by atoms with van der Waals surface area (Å²) in [7, 11) is 0. The van der Waals surface area contributed by atoms with Gasteiger partial charge >= 0.3 is 17.9 Å². The first-order valence-corrected chi connectivity index (χ1v) is 31.7. The maximum atomic E-state index is 12.9. The molecule has 0 aliphatic carbocycles. The van der Waals surface area contributed by atoms with Crippen LogP contribution in [0, 0.1) is 0 Å². The molecular weight excluding hydrogens is 949 g/mol. The van der Waals surface area contributed by atoms with Gasteiger partial charge in [0.15, 0.2) is 6.10 Å². The third kappa shape index (κ3) is 62.3. The zero-order valence-corrected chi connectivity index (χ0v) is 49.9. The van der Waals surface area contributed by atoms with Gasteiger partial charge in [-0.25, -0.2) is 0 Å². The molecule has 0 aromatic heterocycles. The Morgan fingerprint density at radius 3 is 0.831 bits per heavy atom. The monoisotopic (exact) mass is 1060 g/mol. The topological polar surface area (TPSA) is 78.9 Å². The van der Waals surface area contributed by atoms with Crippen molar-refractivity contribution in [3.05, 3.63) is 134 Å². The predicted molar refractivity (Wildman–Crippen MR) is 334 cm³/mol. The van der Waals surface area contributed by atoms with Gasteiger partial charge in [0.1, 0.15) is 13.2 Å². The van der Waals surface area contributed by atoms with E-state index in [1.165, 1.54) is 116 Å². The maximum absolute atomic E-state index is 12.9. The van der Waals surface area contributed by atoms with E-state index in [0.29, 0.717) is 19.3 Å². The molecule has 0 rings (SSSR count). The molecule has 0 radical (unpaired) electrons. The second kappa shape index (κ2) is 64.1. The van der Waals surface area contributed by atoms with Crippen LogP contribution in [0.3, 0.4) is 0 Å². The average molecular weight is 1070 g/mol. The van der Waals surface area contributed by atoms with E-state index in [1.54, 1.807) is 0 Å². The number of esters is 3. The minimum atomic E-state index is -0.820. The number of ether oxygens (including phenoxy) is 3. The van der Waals surface area contributed by atoms with Crippen molar-refractivity contribution in [2.75, 3.05) is 13.2 Å². The normalized spacial score (nSPS) is 13.0. The molecule has 0 N–H and O–H groups in total. The van der Waals surface area contributed by atoms with Crippen molar-refractivity contribution in [2.24, 2.45) is 0 Å². The molecule has 0 heterocycles. The predicted octanol–water partition coefficient (Wildman–Crippen LogP) is 21.8. The van der Waals surface area contributed by atoms with Crippen molar-refractivity contribution < 1.29 is 28.6 Å². The number of hydrogen-bond donors (Lipinski definition) is 0. The zero-order valence-electron chi connectivity index (χ0n) is 49.9. The molecule has 6 nitrogen and oxygen atoms in total. The molecule has 0 aliphatic rings. The quantitative estimate of drug-likeness (QED) is 0.0261. The number of rotatable bonds is 56. The van der Waals surface area contributed by atoms with Crippen LogP contribution in [-0.4, -0.2) is 37.2 Å². The number of carbonyl (C=O) groups is 3. The van der Waals surface area contributed by atoms with Gasteiger partial charge < -0.3 is 14.2 Å².